The average molecular weight is 766 g/mol. The third-order valence-corrected chi connectivity index (χ3v) is 17.3. The molecule has 0 unspecified atom stereocenters. The molecule has 0 aliphatic carbocycles. The Balaban J connectivity index is 0.00000253. The summed E-state index contributed by atoms with van der Waals surface area (Å²) in [5, 5.41) is 5.32. The first-order valence-electron chi connectivity index (χ1n) is 13.3. The molecule has 0 N–H and O–H groups in total. The molecule has 0 spiro atoms. The van der Waals surface area contributed by atoms with Crippen molar-refractivity contribution in [2.75, 3.05) is 0 Å². The molecule has 0 saturated heterocycles. The Morgan fingerprint density at radius 1 is 0.590 bits per heavy atom. The summed E-state index contributed by atoms with van der Waals surface area (Å²) in [7, 11) is -3.95. The molecule has 0 radical (unpaired) electrons. The summed E-state index contributed by atoms with van der Waals surface area (Å²) in [6, 6.07) is 22.0. The van der Waals surface area contributed by atoms with E-state index in [1.54, 1.807) is 0 Å². The third kappa shape index (κ3) is 7.51. The molecule has 0 amide bonds. The summed E-state index contributed by atoms with van der Waals surface area (Å²) in [4.78, 5) is 0. The van der Waals surface area contributed by atoms with Gasteiger partial charge in [-0.25, -0.2) is 0 Å². The molecule has 7 heteroatoms. The van der Waals surface area contributed by atoms with Crippen LogP contribution in [0.3, 0.4) is 0 Å². The van der Waals surface area contributed by atoms with Crippen molar-refractivity contribution >= 4 is 38.2 Å². The standard InChI is InChI=1S/C32H44O2Si2.2ClH.Hf/c1-31(2,3)35(7,8)33-29-25(21-23-15-11-13-17-27(23)29)19-20-26-22-24-16-12-14-18-28(24)30(26)34-36(9,10)32(4,5)6;;;/h11-18,21-22H,19-20H2,1-10H3;2*1H;/q-2;;;+4/p-2. The van der Waals surface area contributed by atoms with Crippen LogP contribution < -0.4 is 33.7 Å². The predicted molar refractivity (Wildman–Crippen MR) is 162 cm³/mol. The number of hydrogen-bond acceptors (Lipinski definition) is 2. The Bertz CT molecular complexity index is 1270. The van der Waals surface area contributed by atoms with Gasteiger partial charge in [0.25, 0.3) is 0 Å². The first-order chi connectivity index (χ1) is 16.6. The summed E-state index contributed by atoms with van der Waals surface area (Å²) in [5.41, 5.74) is 2.62. The minimum absolute atomic E-state index is 0. The van der Waals surface area contributed by atoms with Crippen LogP contribution in [0.15, 0.2) is 60.7 Å². The van der Waals surface area contributed by atoms with Crippen molar-refractivity contribution in [2.45, 2.75) is 90.6 Å². The number of benzene rings is 2. The fourth-order valence-electron chi connectivity index (χ4n) is 4.21. The first-order valence-corrected chi connectivity index (χ1v) is 19.1. The van der Waals surface area contributed by atoms with Crippen LogP contribution in [0.5, 0.6) is 11.5 Å². The molecule has 0 bridgehead atoms. The van der Waals surface area contributed by atoms with Gasteiger partial charge in [-0.05, 0) is 60.6 Å². The van der Waals surface area contributed by atoms with Crippen LogP contribution >= 0.6 is 0 Å². The quantitative estimate of drug-likeness (QED) is 0.210. The van der Waals surface area contributed by atoms with Gasteiger partial charge < -0.3 is 33.7 Å². The van der Waals surface area contributed by atoms with Gasteiger partial charge in [0, 0.05) is 0 Å². The Hall–Kier alpha value is -0.856. The molecule has 4 rings (SSSR count). The molecule has 0 aromatic heterocycles. The maximum absolute atomic E-state index is 6.97. The Morgan fingerprint density at radius 2 is 0.897 bits per heavy atom. The fourth-order valence-corrected chi connectivity index (χ4v) is 6.33. The van der Waals surface area contributed by atoms with Gasteiger partial charge in [0.1, 0.15) is 0 Å². The van der Waals surface area contributed by atoms with Crippen LogP contribution in [0, 0.1) is 0 Å². The second kappa shape index (κ2) is 13.0. The van der Waals surface area contributed by atoms with Crippen LogP contribution in [0.25, 0.3) is 21.5 Å². The van der Waals surface area contributed by atoms with Crippen LogP contribution in [0.4, 0.5) is 0 Å². The van der Waals surface area contributed by atoms with Gasteiger partial charge in [-0.2, -0.15) is 0 Å². The molecule has 0 aliphatic heterocycles. The van der Waals surface area contributed by atoms with E-state index in [-0.39, 0.29) is 60.7 Å². The van der Waals surface area contributed by atoms with E-state index in [1.807, 2.05) is 0 Å². The summed E-state index contributed by atoms with van der Waals surface area (Å²) in [6.07, 6.45) is 1.87. The van der Waals surface area contributed by atoms with Gasteiger partial charge in [0.05, 0.1) is 0 Å². The maximum Gasteiger partial charge on any atom is 4.00 e. The zero-order chi connectivity index (χ0) is 26.5. The molecular formula is C32H44Cl2HfO2Si2. The fraction of sp³-hybridized carbons (Fsp3) is 0.438. The van der Waals surface area contributed by atoms with E-state index in [1.165, 1.54) is 32.7 Å². The molecule has 0 atom stereocenters. The minimum Gasteiger partial charge on any atom is -1.00 e. The second-order valence-corrected chi connectivity index (χ2v) is 22.8. The van der Waals surface area contributed by atoms with Gasteiger partial charge in [-0.15, -0.1) is 70.1 Å². The summed E-state index contributed by atoms with van der Waals surface area (Å²) >= 11 is 0. The van der Waals surface area contributed by atoms with Crippen molar-refractivity contribution in [3.05, 3.63) is 71.8 Å². The molecule has 2 nitrogen and oxygen atoms in total. The van der Waals surface area contributed by atoms with Gasteiger partial charge in [0.15, 0.2) is 0 Å². The molecule has 0 heterocycles. The monoisotopic (exact) mass is 766 g/mol. The number of fused-ring (bicyclic) bond motifs is 2. The minimum atomic E-state index is -1.98. The SMILES string of the molecule is CC(C)(C)[Si](C)(C)Oc1c(CCc2[cH-]c3ccccc3c2O[Si](C)(C)C(C)(C)C)[cH-]c2ccccc12.[Cl-].[Cl-].[Hf+4]. The summed E-state index contributed by atoms with van der Waals surface area (Å²) in [6.45, 7) is 23.2. The van der Waals surface area contributed by atoms with Crippen LogP contribution in [-0.2, 0) is 38.7 Å². The Morgan fingerprint density at radius 3 is 1.21 bits per heavy atom. The van der Waals surface area contributed by atoms with E-state index in [0.29, 0.717) is 0 Å². The summed E-state index contributed by atoms with van der Waals surface area (Å²) in [5.74, 6) is 2.19. The number of halogens is 2. The second-order valence-electron chi connectivity index (χ2n) is 13.4. The van der Waals surface area contributed by atoms with Gasteiger partial charge in [-0.3, -0.25) is 0 Å². The molecule has 0 fully saturated rings. The summed E-state index contributed by atoms with van der Waals surface area (Å²) < 4.78 is 13.9. The molecule has 39 heavy (non-hydrogen) atoms. The number of hydrogen-bond donors (Lipinski definition) is 0. The van der Waals surface area contributed by atoms with Crippen molar-refractivity contribution in [3.8, 4) is 11.5 Å². The van der Waals surface area contributed by atoms with Crippen molar-refractivity contribution in [3.63, 3.8) is 0 Å². The van der Waals surface area contributed by atoms with E-state index in [0.717, 1.165) is 24.3 Å². The van der Waals surface area contributed by atoms with Crippen molar-refractivity contribution in [1.82, 2.24) is 0 Å². The van der Waals surface area contributed by atoms with Gasteiger partial charge in [0.2, 0.25) is 16.6 Å². The van der Waals surface area contributed by atoms with Crippen LogP contribution in [0.2, 0.25) is 36.3 Å². The van der Waals surface area contributed by atoms with Crippen LogP contribution in [-0.4, -0.2) is 16.6 Å². The van der Waals surface area contributed by atoms with E-state index in [2.05, 4.69) is 128 Å². The maximum atomic E-state index is 6.97. The molecule has 0 aliphatic rings. The molecule has 0 saturated carbocycles. The van der Waals surface area contributed by atoms with Crippen molar-refractivity contribution < 1.29 is 59.5 Å². The normalized spacial score (nSPS) is 12.5. The Labute approximate surface area is 269 Å². The smallest absolute Gasteiger partial charge is 1.00 e. The van der Waals surface area contributed by atoms with Crippen LogP contribution in [0.1, 0.15) is 52.7 Å². The molecule has 210 valence electrons. The first kappa shape index (κ1) is 36.2. The topological polar surface area (TPSA) is 18.5 Å². The van der Waals surface area contributed by atoms with E-state index in [9.17, 15) is 0 Å². The average Bonchev–Trinajstić information content (AvgIpc) is 3.28. The molecule has 4 aromatic rings. The molecule has 4 aromatic carbocycles. The van der Waals surface area contributed by atoms with E-state index < -0.39 is 16.6 Å². The third-order valence-electron chi connectivity index (χ3n) is 8.64. The number of rotatable bonds is 7. The predicted octanol–water partition coefficient (Wildman–Crippen LogP) is 3.99. The van der Waals surface area contributed by atoms with Crippen molar-refractivity contribution in [2.24, 2.45) is 0 Å². The zero-order valence-electron chi connectivity index (χ0n) is 25.3. The number of aryl methyl sites for hydroxylation is 2. The van der Waals surface area contributed by atoms with E-state index >= 15 is 0 Å². The zero-order valence-corrected chi connectivity index (χ0v) is 32.4. The van der Waals surface area contributed by atoms with Gasteiger partial charge in [-0.1, -0.05) is 64.8 Å². The largest absolute Gasteiger partial charge is 4.00 e. The molecular weight excluding hydrogens is 722 g/mol. The van der Waals surface area contributed by atoms with Crippen molar-refractivity contribution in [1.29, 1.82) is 0 Å². The van der Waals surface area contributed by atoms with E-state index in [4.69, 9.17) is 8.85 Å². The Kier molecular flexibility index (Phi) is 12.0. The van der Waals surface area contributed by atoms with Gasteiger partial charge >= 0.3 is 25.8 Å².